The average Bonchev–Trinajstić information content (AvgIpc) is 3.50. The molecule has 0 atom stereocenters. The van der Waals surface area contributed by atoms with Gasteiger partial charge in [0, 0.05) is 36.0 Å². The Morgan fingerprint density at radius 2 is 1.77 bits per heavy atom. The Balaban J connectivity index is 1.30. The zero-order valence-electron chi connectivity index (χ0n) is 19.8. The third-order valence-corrected chi connectivity index (χ3v) is 6.89. The third kappa shape index (κ3) is 4.18. The maximum absolute atomic E-state index is 12.8. The molecule has 4 aromatic rings. The summed E-state index contributed by atoms with van der Waals surface area (Å²) in [4.78, 5) is 12.8. The number of aromatic nitrogens is 1. The fourth-order valence-corrected chi connectivity index (χ4v) is 5.20. The van der Waals surface area contributed by atoms with Crippen molar-refractivity contribution in [1.82, 2.24) is 9.88 Å². The molecule has 0 radical (unpaired) electrons. The molecule has 0 bridgehead atoms. The summed E-state index contributed by atoms with van der Waals surface area (Å²) in [6.45, 7) is 2.86. The molecule has 1 aliphatic heterocycles. The minimum atomic E-state index is 0.0586. The fraction of sp³-hybridized carbons (Fsp3) is 0.233. The van der Waals surface area contributed by atoms with Gasteiger partial charge in [0.05, 0.1) is 5.69 Å². The van der Waals surface area contributed by atoms with E-state index in [1.54, 1.807) is 0 Å². The summed E-state index contributed by atoms with van der Waals surface area (Å²) in [6.07, 6.45) is 3.12. The molecule has 0 fully saturated rings. The molecule has 0 spiro atoms. The van der Waals surface area contributed by atoms with Crippen LogP contribution in [-0.4, -0.2) is 17.3 Å². The van der Waals surface area contributed by atoms with Crippen LogP contribution in [-0.2, 0) is 30.6 Å². The number of amides is 1. The lowest BCUT2D eigenvalue weighted by molar-refractivity contribution is -0.121. The highest BCUT2D eigenvalue weighted by Crippen LogP contribution is 2.40. The van der Waals surface area contributed by atoms with Crippen molar-refractivity contribution in [2.24, 2.45) is 0 Å². The molecule has 0 saturated heterocycles. The van der Waals surface area contributed by atoms with Crippen molar-refractivity contribution in [3.05, 3.63) is 101 Å². The Morgan fingerprint density at radius 3 is 2.69 bits per heavy atom. The molecular weight excluding hydrogens is 436 g/mol. The van der Waals surface area contributed by atoms with Crippen LogP contribution >= 0.6 is 0 Å². The summed E-state index contributed by atoms with van der Waals surface area (Å²) in [5.41, 5.74) is 9.67. The Morgan fingerprint density at radius 1 is 0.914 bits per heavy atom. The largest absolute Gasteiger partial charge is 0.454 e. The molecular formula is C30H28N2O3. The number of hydrogen-bond donors (Lipinski definition) is 1. The molecule has 0 unspecified atom stereocenters. The number of aryl methyl sites for hydroxylation is 4. The van der Waals surface area contributed by atoms with Crippen molar-refractivity contribution in [3.63, 3.8) is 0 Å². The van der Waals surface area contributed by atoms with Gasteiger partial charge in [-0.1, -0.05) is 54.1 Å². The molecule has 176 valence electrons. The zero-order valence-corrected chi connectivity index (χ0v) is 19.8. The van der Waals surface area contributed by atoms with Gasteiger partial charge < -0.3 is 19.4 Å². The Kier molecular flexibility index (Phi) is 5.53. The normalized spacial score (nSPS) is 13.3. The molecule has 5 nitrogen and oxygen atoms in total. The van der Waals surface area contributed by atoms with E-state index < -0.39 is 0 Å². The van der Waals surface area contributed by atoms with Crippen LogP contribution in [0.2, 0.25) is 0 Å². The second-order valence-electron chi connectivity index (χ2n) is 9.31. The van der Waals surface area contributed by atoms with E-state index in [2.05, 4.69) is 65.3 Å². The van der Waals surface area contributed by atoms with Crippen LogP contribution in [0, 0.1) is 6.92 Å². The number of carbonyl (C=O) groups excluding carboxylic acids is 1. The second kappa shape index (κ2) is 8.99. The summed E-state index contributed by atoms with van der Waals surface area (Å²) in [5, 5.41) is 3.08. The number of hydrogen-bond acceptors (Lipinski definition) is 3. The maximum atomic E-state index is 12.8. The summed E-state index contributed by atoms with van der Waals surface area (Å²) in [7, 11) is 0. The minimum absolute atomic E-state index is 0.0586. The van der Waals surface area contributed by atoms with Gasteiger partial charge in [-0.05, 0) is 61.1 Å². The van der Waals surface area contributed by atoms with Crippen molar-refractivity contribution >= 4 is 5.91 Å². The molecule has 1 aliphatic carbocycles. The number of nitrogens with one attached hydrogen (secondary N) is 1. The van der Waals surface area contributed by atoms with Crippen LogP contribution in [0.15, 0.2) is 72.8 Å². The average molecular weight is 465 g/mol. The highest BCUT2D eigenvalue weighted by molar-refractivity contribution is 5.77. The summed E-state index contributed by atoms with van der Waals surface area (Å²) in [5.74, 6) is 1.59. The van der Waals surface area contributed by atoms with E-state index in [4.69, 9.17) is 9.47 Å². The molecule has 2 heterocycles. The Bertz CT molecular complexity index is 1420. The minimum Gasteiger partial charge on any atom is -0.454 e. The quantitative estimate of drug-likeness (QED) is 0.408. The van der Waals surface area contributed by atoms with Crippen LogP contribution in [0.1, 0.15) is 34.4 Å². The highest BCUT2D eigenvalue weighted by atomic mass is 16.7. The lowest BCUT2D eigenvalue weighted by Crippen LogP contribution is -2.23. The molecule has 0 saturated carbocycles. The predicted octanol–water partition coefficient (Wildman–Crippen LogP) is 5.53. The van der Waals surface area contributed by atoms with Gasteiger partial charge in [0.1, 0.15) is 0 Å². The smallest absolute Gasteiger partial charge is 0.231 e. The first-order valence-electron chi connectivity index (χ1n) is 12.2. The van der Waals surface area contributed by atoms with Crippen molar-refractivity contribution in [1.29, 1.82) is 0 Å². The highest BCUT2D eigenvalue weighted by Gasteiger charge is 2.25. The third-order valence-electron chi connectivity index (χ3n) is 6.89. The van der Waals surface area contributed by atoms with E-state index in [-0.39, 0.29) is 12.7 Å². The Hall–Kier alpha value is -3.99. The van der Waals surface area contributed by atoms with Gasteiger partial charge in [-0.25, -0.2) is 0 Å². The lowest BCUT2D eigenvalue weighted by atomic mass is 9.90. The van der Waals surface area contributed by atoms with Crippen LogP contribution in [0.3, 0.4) is 0 Å². The van der Waals surface area contributed by atoms with Gasteiger partial charge in [0.2, 0.25) is 12.7 Å². The number of ether oxygens (including phenoxy) is 2. The van der Waals surface area contributed by atoms with Crippen molar-refractivity contribution in [3.8, 4) is 28.4 Å². The van der Waals surface area contributed by atoms with Crippen molar-refractivity contribution in [2.45, 2.75) is 39.2 Å². The van der Waals surface area contributed by atoms with Gasteiger partial charge in [0.25, 0.3) is 0 Å². The number of carbonyl (C=O) groups is 1. The number of nitrogens with zero attached hydrogens (tertiary/aromatic N) is 1. The molecule has 3 aromatic carbocycles. The fourth-order valence-electron chi connectivity index (χ4n) is 5.20. The van der Waals surface area contributed by atoms with Crippen LogP contribution < -0.4 is 14.8 Å². The molecule has 1 amide bonds. The van der Waals surface area contributed by atoms with E-state index >= 15 is 0 Å². The van der Waals surface area contributed by atoms with Gasteiger partial charge in [-0.15, -0.1) is 0 Å². The van der Waals surface area contributed by atoms with Crippen LogP contribution in [0.5, 0.6) is 11.5 Å². The zero-order chi connectivity index (χ0) is 23.8. The van der Waals surface area contributed by atoms with Crippen LogP contribution in [0.4, 0.5) is 0 Å². The van der Waals surface area contributed by atoms with Crippen LogP contribution in [0.25, 0.3) is 16.9 Å². The Labute approximate surface area is 205 Å². The first-order chi connectivity index (χ1) is 17.2. The van der Waals surface area contributed by atoms with Gasteiger partial charge >= 0.3 is 0 Å². The van der Waals surface area contributed by atoms with E-state index in [0.29, 0.717) is 19.4 Å². The summed E-state index contributed by atoms with van der Waals surface area (Å²) >= 11 is 0. The standard InChI is InChI=1S/C30H28N2O3/c1-20-5-4-6-21(15-20)18-31-29(33)14-12-24-16-23-10-9-22-7-2-3-8-26(22)30(23)32(24)25-11-13-27-28(17-25)35-19-34-27/h2-8,11,13,15-17H,9-10,12,14,18-19H2,1H3,(H,31,33). The summed E-state index contributed by atoms with van der Waals surface area (Å²) in [6, 6.07) is 25.2. The molecule has 1 N–H and O–H groups in total. The molecule has 35 heavy (non-hydrogen) atoms. The first kappa shape index (κ1) is 21.5. The van der Waals surface area contributed by atoms with E-state index in [0.717, 1.165) is 41.3 Å². The SMILES string of the molecule is Cc1cccc(CNC(=O)CCc2cc3c(n2-c2ccc4c(c2)OCO4)-c2ccccc2CC3)c1. The van der Waals surface area contributed by atoms with Crippen molar-refractivity contribution in [2.75, 3.05) is 6.79 Å². The predicted molar refractivity (Wildman–Crippen MR) is 136 cm³/mol. The molecule has 2 aliphatic rings. The van der Waals surface area contributed by atoms with Gasteiger partial charge in [-0.3, -0.25) is 4.79 Å². The van der Waals surface area contributed by atoms with Gasteiger partial charge in [0.15, 0.2) is 11.5 Å². The van der Waals surface area contributed by atoms with E-state index in [9.17, 15) is 4.79 Å². The molecule has 5 heteroatoms. The lowest BCUT2D eigenvalue weighted by Gasteiger charge is -2.21. The first-order valence-corrected chi connectivity index (χ1v) is 12.2. The maximum Gasteiger partial charge on any atom is 0.231 e. The topological polar surface area (TPSA) is 52.5 Å². The summed E-state index contributed by atoms with van der Waals surface area (Å²) < 4.78 is 13.5. The van der Waals surface area contributed by atoms with Crippen molar-refractivity contribution < 1.29 is 14.3 Å². The number of benzene rings is 3. The monoisotopic (exact) mass is 464 g/mol. The molecule has 6 rings (SSSR count). The van der Waals surface area contributed by atoms with E-state index in [1.807, 2.05) is 24.3 Å². The number of rotatable bonds is 6. The molecule has 1 aromatic heterocycles. The van der Waals surface area contributed by atoms with E-state index in [1.165, 1.54) is 27.9 Å². The number of fused-ring (bicyclic) bond motifs is 4. The van der Waals surface area contributed by atoms with Gasteiger partial charge in [-0.2, -0.15) is 0 Å². The second-order valence-corrected chi connectivity index (χ2v) is 9.31.